The van der Waals surface area contributed by atoms with Gasteiger partial charge in [0.2, 0.25) is 5.89 Å². The van der Waals surface area contributed by atoms with E-state index in [9.17, 15) is 4.39 Å². The number of nitrogens with two attached hydrogens (primary N) is 1. The molecule has 2 aromatic heterocycles. The number of nitrogen functional groups attached to an aromatic ring is 1. The minimum atomic E-state index is -0.331. The van der Waals surface area contributed by atoms with Gasteiger partial charge in [0.25, 0.3) is 0 Å². The highest BCUT2D eigenvalue weighted by atomic mass is 32.1. The standard InChI is InChI=1S/C12H9FN2OS/c1-6-4-10(14)17-11(6)12-15-8-3-2-7(13)5-9(8)16-12/h2-5H,14H2,1H3. The van der Waals surface area contributed by atoms with Crippen LogP contribution in [0.25, 0.3) is 21.9 Å². The van der Waals surface area contributed by atoms with Crippen molar-refractivity contribution in [3.8, 4) is 10.8 Å². The molecule has 0 amide bonds. The summed E-state index contributed by atoms with van der Waals surface area (Å²) in [5.74, 6) is 0.160. The van der Waals surface area contributed by atoms with Gasteiger partial charge in [-0.25, -0.2) is 9.37 Å². The zero-order valence-electron chi connectivity index (χ0n) is 9.03. The Bertz CT molecular complexity index is 702. The number of thiophene rings is 1. The number of benzene rings is 1. The summed E-state index contributed by atoms with van der Waals surface area (Å²) in [6, 6.07) is 6.17. The Morgan fingerprint density at radius 3 is 2.88 bits per heavy atom. The molecule has 3 rings (SSSR count). The summed E-state index contributed by atoms with van der Waals surface area (Å²) in [5.41, 5.74) is 7.83. The summed E-state index contributed by atoms with van der Waals surface area (Å²) in [6.45, 7) is 1.94. The van der Waals surface area contributed by atoms with Crippen molar-refractivity contribution < 1.29 is 8.81 Å². The molecule has 0 bridgehead atoms. The van der Waals surface area contributed by atoms with Gasteiger partial charge < -0.3 is 10.2 Å². The lowest BCUT2D eigenvalue weighted by Crippen LogP contribution is -1.74. The van der Waals surface area contributed by atoms with Crippen molar-refractivity contribution in [1.29, 1.82) is 0 Å². The summed E-state index contributed by atoms with van der Waals surface area (Å²) in [5, 5.41) is 0.714. The van der Waals surface area contributed by atoms with Crippen molar-refractivity contribution >= 4 is 27.4 Å². The predicted octanol–water partition coefficient (Wildman–Crippen LogP) is 3.59. The van der Waals surface area contributed by atoms with E-state index in [4.69, 9.17) is 10.2 Å². The largest absolute Gasteiger partial charge is 0.435 e. The highest BCUT2D eigenvalue weighted by Gasteiger charge is 2.13. The van der Waals surface area contributed by atoms with E-state index in [0.29, 0.717) is 22.0 Å². The highest BCUT2D eigenvalue weighted by molar-refractivity contribution is 7.19. The highest BCUT2D eigenvalue weighted by Crippen LogP contribution is 2.34. The third kappa shape index (κ3) is 1.68. The van der Waals surface area contributed by atoms with Crippen molar-refractivity contribution in [3.63, 3.8) is 0 Å². The maximum atomic E-state index is 13.0. The molecule has 0 aliphatic heterocycles. The first-order valence-electron chi connectivity index (χ1n) is 5.06. The molecule has 0 radical (unpaired) electrons. The molecule has 3 aromatic rings. The van der Waals surface area contributed by atoms with E-state index in [-0.39, 0.29) is 5.82 Å². The minimum absolute atomic E-state index is 0.331. The van der Waals surface area contributed by atoms with Crippen molar-refractivity contribution in [3.05, 3.63) is 35.6 Å². The number of hydrogen-bond donors (Lipinski definition) is 1. The molecule has 17 heavy (non-hydrogen) atoms. The zero-order chi connectivity index (χ0) is 12.0. The molecule has 3 nitrogen and oxygen atoms in total. The average molecular weight is 248 g/mol. The summed E-state index contributed by atoms with van der Waals surface area (Å²) in [7, 11) is 0. The van der Waals surface area contributed by atoms with Crippen LogP contribution in [0, 0.1) is 12.7 Å². The first kappa shape index (κ1) is 10.3. The Kier molecular flexibility index (Phi) is 2.16. The van der Waals surface area contributed by atoms with Gasteiger partial charge in [0.05, 0.1) is 9.88 Å². The predicted molar refractivity (Wildman–Crippen MR) is 66.4 cm³/mol. The molecule has 2 heterocycles. The van der Waals surface area contributed by atoms with Gasteiger partial charge >= 0.3 is 0 Å². The number of nitrogens with zero attached hydrogens (tertiary/aromatic N) is 1. The number of rotatable bonds is 1. The molecule has 2 N–H and O–H groups in total. The molecule has 5 heteroatoms. The summed E-state index contributed by atoms with van der Waals surface area (Å²) < 4.78 is 18.6. The van der Waals surface area contributed by atoms with Gasteiger partial charge in [-0.2, -0.15) is 0 Å². The number of hydrogen-bond acceptors (Lipinski definition) is 4. The van der Waals surface area contributed by atoms with E-state index in [0.717, 1.165) is 10.4 Å². The molecule has 86 valence electrons. The van der Waals surface area contributed by atoms with Gasteiger partial charge in [-0.3, -0.25) is 0 Å². The lowest BCUT2D eigenvalue weighted by molar-refractivity contribution is 0.603. The van der Waals surface area contributed by atoms with Crippen LogP contribution in [0.15, 0.2) is 28.7 Å². The fourth-order valence-corrected chi connectivity index (χ4v) is 2.58. The molecule has 1 aromatic carbocycles. The summed E-state index contributed by atoms with van der Waals surface area (Å²) in [4.78, 5) is 5.21. The van der Waals surface area contributed by atoms with Crippen LogP contribution in [0.4, 0.5) is 9.39 Å². The van der Waals surface area contributed by atoms with Crippen LogP contribution in [-0.4, -0.2) is 4.98 Å². The maximum Gasteiger partial charge on any atom is 0.237 e. The van der Waals surface area contributed by atoms with Gasteiger partial charge in [-0.05, 0) is 30.7 Å². The maximum absolute atomic E-state index is 13.0. The van der Waals surface area contributed by atoms with Crippen LogP contribution in [0.2, 0.25) is 0 Å². The van der Waals surface area contributed by atoms with Gasteiger partial charge in [0, 0.05) is 6.07 Å². The minimum Gasteiger partial charge on any atom is -0.435 e. The normalized spacial score (nSPS) is 11.2. The van der Waals surface area contributed by atoms with Gasteiger partial charge in [0.1, 0.15) is 11.3 Å². The smallest absolute Gasteiger partial charge is 0.237 e. The van der Waals surface area contributed by atoms with Gasteiger partial charge in [-0.15, -0.1) is 11.3 Å². The fraction of sp³-hybridized carbons (Fsp3) is 0.0833. The van der Waals surface area contributed by atoms with Crippen molar-refractivity contribution in [2.75, 3.05) is 5.73 Å². The first-order chi connectivity index (χ1) is 8.13. The zero-order valence-corrected chi connectivity index (χ0v) is 9.84. The van der Waals surface area contributed by atoms with E-state index in [1.807, 2.05) is 13.0 Å². The number of fused-ring (bicyclic) bond motifs is 1. The summed E-state index contributed by atoms with van der Waals surface area (Å²) >= 11 is 1.41. The summed E-state index contributed by atoms with van der Waals surface area (Å²) in [6.07, 6.45) is 0. The van der Waals surface area contributed by atoms with Crippen LogP contribution in [0.1, 0.15) is 5.56 Å². The van der Waals surface area contributed by atoms with Crippen LogP contribution in [-0.2, 0) is 0 Å². The van der Waals surface area contributed by atoms with E-state index in [1.54, 1.807) is 6.07 Å². The number of oxazole rings is 1. The average Bonchev–Trinajstić information content (AvgIpc) is 2.80. The SMILES string of the molecule is Cc1cc(N)sc1-c1nc2ccc(F)cc2o1. The monoisotopic (exact) mass is 248 g/mol. The number of halogens is 1. The second kappa shape index (κ2) is 3.56. The van der Waals surface area contributed by atoms with E-state index in [2.05, 4.69) is 4.98 Å². The van der Waals surface area contributed by atoms with Gasteiger partial charge in [0.15, 0.2) is 5.58 Å². The number of aryl methyl sites for hydroxylation is 1. The van der Waals surface area contributed by atoms with Crippen LogP contribution in [0.5, 0.6) is 0 Å². The Labute approximate surface area is 101 Å². The van der Waals surface area contributed by atoms with Crippen LogP contribution in [0.3, 0.4) is 0 Å². The lowest BCUT2D eigenvalue weighted by Gasteiger charge is -1.89. The molecular formula is C12H9FN2OS. The number of aromatic nitrogens is 1. The molecular weight excluding hydrogens is 239 g/mol. The topological polar surface area (TPSA) is 52.0 Å². The Morgan fingerprint density at radius 1 is 1.35 bits per heavy atom. The van der Waals surface area contributed by atoms with E-state index in [1.165, 1.54) is 23.5 Å². The second-order valence-electron chi connectivity index (χ2n) is 3.79. The Hall–Kier alpha value is -1.88. The van der Waals surface area contributed by atoms with Crippen LogP contribution < -0.4 is 5.73 Å². The quantitative estimate of drug-likeness (QED) is 0.716. The molecule has 0 fully saturated rings. The van der Waals surface area contributed by atoms with E-state index < -0.39 is 0 Å². The Balaban J connectivity index is 2.21. The molecule has 0 unspecified atom stereocenters. The molecule has 0 spiro atoms. The molecule has 0 atom stereocenters. The van der Waals surface area contributed by atoms with Crippen LogP contribution >= 0.6 is 11.3 Å². The third-order valence-electron chi connectivity index (χ3n) is 2.48. The Morgan fingerprint density at radius 2 is 2.18 bits per heavy atom. The second-order valence-corrected chi connectivity index (χ2v) is 4.88. The first-order valence-corrected chi connectivity index (χ1v) is 5.87. The van der Waals surface area contributed by atoms with Crippen molar-refractivity contribution in [2.24, 2.45) is 0 Å². The van der Waals surface area contributed by atoms with Gasteiger partial charge in [-0.1, -0.05) is 0 Å². The number of anilines is 1. The molecule has 0 saturated carbocycles. The molecule has 0 aliphatic rings. The third-order valence-corrected chi connectivity index (χ3v) is 3.54. The van der Waals surface area contributed by atoms with E-state index >= 15 is 0 Å². The molecule has 0 saturated heterocycles. The fourth-order valence-electron chi connectivity index (χ4n) is 1.71. The molecule has 0 aliphatic carbocycles. The lowest BCUT2D eigenvalue weighted by atomic mass is 10.3. The van der Waals surface area contributed by atoms with Crippen molar-refractivity contribution in [2.45, 2.75) is 6.92 Å². The van der Waals surface area contributed by atoms with Crippen molar-refractivity contribution in [1.82, 2.24) is 4.98 Å².